The van der Waals surface area contributed by atoms with Gasteiger partial charge in [0.2, 0.25) is 0 Å². The highest BCUT2D eigenvalue weighted by Gasteiger charge is 2.21. The van der Waals surface area contributed by atoms with Gasteiger partial charge in [0.15, 0.2) is 0 Å². The summed E-state index contributed by atoms with van der Waals surface area (Å²) >= 11 is 0. The first-order valence-electron chi connectivity index (χ1n) is 7.00. The summed E-state index contributed by atoms with van der Waals surface area (Å²) in [5, 5.41) is 0. The highest BCUT2D eigenvalue weighted by atomic mass is 15.3. The smallest absolute Gasteiger partial charge is 0.0369 e. The third-order valence-corrected chi connectivity index (χ3v) is 3.94. The van der Waals surface area contributed by atoms with Gasteiger partial charge in [0.1, 0.15) is 0 Å². The maximum atomic E-state index is 5.82. The fraction of sp³-hybridized carbons (Fsp3) is 0.600. The highest BCUT2D eigenvalue weighted by Crippen LogP contribution is 2.18. The molecule has 1 aliphatic heterocycles. The topological polar surface area (TPSA) is 32.5 Å². The van der Waals surface area contributed by atoms with Gasteiger partial charge in [-0.2, -0.15) is 0 Å². The molecule has 0 aromatic heterocycles. The van der Waals surface area contributed by atoms with Crippen LogP contribution in [0.15, 0.2) is 24.3 Å². The summed E-state index contributed by atoms with van der Waals surface area (Å²) in [5.41, 5.74) is 8.52. The van der Waals surface area contributed by atoms with Crippen LogP contribution in [0.2, 0.25) is 0 Å². The van der Waals surface area contributed by atoms with E-state index in [0.29, 0.717) is 6.04 Å². The molecular formula is C15H25N3. The van der Waals surface area contributed by atoms with Crippen LogP contribution in [0.4, 0.5) is 5.69 Å². The minimum absolute atomic E-state index is 0.560. The van der Waals surface area contributed by atoms with Gasteiger partial charge >= 0.3 is 0 Å². The molecule has 0 spiro atoms. The summed E-state index contributed by atoms with van der Waals surface area (Å²) in [6.07, 6.45) is 1.15. The SMILES string of the molecule is CCC(CN)N1CCN(c2cccc(C)c2)CC1. The molecule has 1 saturated heterocycles. The van der Waals surface area contributed by atoms with Crippen LogP contribution in [0.3, 0.4) is 0 Å². The molecule has 3 nitrogen and oxygen atoms in total. The van der Waals surface area contributed by atoms with Gasteiger partial charge in [-0.15, -0.1) is 0 Å². The van der Waals surface area contributed by atoms with Crippen molar-refractivity contribution in [3.63, 3.8) is 0 Å². The molecule has 1 fully saturated rings. The Bertz CT molecular complexity index is 366. The minimum Gasteiger partial charge on any atom is -0.369 e. The van der Waals surface area contributed by atoms with E-state index in [2.05, 4.69) is 47.9 Å². The highest BCUT2D eigenvalue weighted by molar-refractivity contribution is 5.48. The van der Waals surface area contributed by atoms with Crippen LogP contribution >= 0.6 is 0 Å². The summed E-state index contributed by atoms with van der Waals surface area (Å²) in [5.74, 6) is 0. The van der Waals surface area contributed by atoms with Crippen molar-refractivity contribution in [2.45, 2.75) is 26.3 Å². The quantitative estimate of drug-likeness (QED) is 0.881. The summed E-state index contributed by atoms with van der Waals surface area (Å²) in [7, 11) is 0. The fourth-order valence-electron chi connectivity index (χ4n) is 2.74. The molecule has 3 heteroatoms. The molecule has 0 saturated carbocycles. The lowest BCUT2D eigenvalue weighted by molar-refractivity contribution is 0.184. The van der Waals surface area contributed by atoms with Crippen LogP contribution in [0, 0.1) is 6.92 Å². The molecule has 1 atom stereocenters. The van der Waals surface area contributed by atoms with Crippen molar-refractivity contribution < 1.29 is 0 Å². The standard InChI is InChI=1S/C15H25N3/c1-3-14(12-16)17-7-9-18(10-8-17)15-6-4-5-13(2)11-15/h4-6,11,14H,3,7-10,12,16H2,1-2H3. The molecular weight excluding hydrogens is 222 g/mol. The summed E-state index contributed by atoms with van der Waals surface area (Å²) in [6, 6.07) is 9.34. The monoisotopic (exact) mass is 247 g/mol. The molecule has 2 N–H and O–H groups in total. The van der Waals surface area contributed by atoms with Crippen molar-refractivity contribution in [2.75, 3.05) is 37.6 Å². The molecule has 0 radical (unpaired) electrons. The van der Waals surface area contributed by atoms with Gasteiger partial charge in [-0.05, 0) is 31.0 Å². The van der Waals surface area contributed by atoms with Gasteiger partial charge in [0.25, 0.3) is 0 Å². The van der Waals surface area contributed by atoms with E-state index in [-0.39, 0.29) is 0 Å². The third-order valence-electron chi connectivity index (χ3n) is 3.94. The van der Waals surface area contributed by atoms with E-state index in [9.17, 15) is 0 Å². The van der Waals surface area contributed by atoms with Crippen LogP contribution < -0.4 is 10.6 Å². The Morgan fingerprint density at radius 3 is 2.50 bits per heavy atom. The fourth-order valence-corrected chi connectivity index (χ4v) is 2.74. The molecule has 100 valence electrons. The Kier molecular flexibility index (Phi) is 4.61. The average molecular weight is 247 g/mol. The van der Waals surface area contributed by atoms with Crippen LogP contribution in [-0.4, -0.2) is 43.7 Å². The Hall–Kier alpha value is -1.06. The van der Waals surface area contributed by atoms with Crippen molar-refractivity contribution in [3.8, 4) is 0 Å². The van der Waals surface area contributed by atoms with Gasteiger partial charge in [-0.1, -0.05) is 19.1 Å². The second-order valence-electron chi connectivity index (χ2n) is 5.16. The number of hydrogen-bond donors (Lipinski definition) is 1. The lowest BCUT2D eigenvalue weighted by atomic mass is 10.1. The van der Waals surface area contributed by atoms with E-state index in [4.69, 9.17) is 5.73 Å². The molecule has 1 heterocycles. The van der Waals surface area contributed by atoms with E-state index in [1.165, 1.54) is 11.3 Å². The average Bonchev–Trinajstić information content (AvgIpc) is 2.41. The lowest BCUT2D eigenvalue weighted by Gasteiger charge is -2.39. The zero-order valence-corrected chi connectivity index (χ0v) is 11.6. The summed E-state index contributed by atoms with van der Waals surface area (Å²) in [6.45, 7) is 9.64. The summed E-state index contributed by atoms with van der Waals surface area (Å²) in [4.78, 5) is 5.01. The zero-order chi connectivity index (χ0) is 13.0. The van der Waals surface area contributed by atoms with Gasteiger partial charge in [0, 0.05) is 44.5 Å². The summed E-state index contributed by atoms with van der Waals surface area (Å²) < 4.78 is 0. The molecule has 1 aromatic carbocycles. The number of aryl methyl sites for hydroxylation is 1. The van der Waals surface area contributed by atoms with Crippen molar-refractivity contribution in [2.24, 2.45) is 5.73 Å². The molecule has 2 rings (SSSR count). The number of piperazine rings is 1. The van der Waals surface area contributed by atoms with Crippen LogP contribution in [0.5, 0.6) is 0 Å². The third kappa shape index (κ3) is 3.03. The Morgan fingerprint density at radius 1 is 1.22 bits per heavy atom. The largest absolute Gasteiger partial charge is 0.369 e. The number of anilines is 1. The molecule has 0 amide bonds. The van der Waals surface area contributed by atoms with E-state index < -0.39 is 0 Å². The van der Waals surface area contributed by atoms with Gasteiger partial charge in [-0.25, -0.2) is 0 Å². The predicted octanol–water partition coefficient (Wildman–Crippen LogP) is 1.85. The number of nitrogens with two attached hydrogens (primary N) is 1. The van der Waals surface area contributed by atoms with Crippen molar-refractivity contribution in [1.29, 1.82) is 0 Å². The van der Waals surface area contributed by atoms with Gasteiger partial charge < -0.3 is 10.6 Å². The van der Waals surface area contributed by atoms with Crippen molar-refractivity contribution in [1.82, 2.24) is 4.90 Å². The zero-order valence-electron chi connectivity index (χ0n) is 11.6. The Balaban J connectivity index is 1.94. The van der Waals surface area contributed by atoms with E-state index >= 15 is 0 Å². The first-order valence-corrected chi connectivity index (χ1v) is 7.00. The second kappa shape index (κ2) is 6.21. The number of benzene rings is 1. The molecule has 0 bridgehead atoms. The van der Waals surface area contributed by atoms with E-state index in [1.807, 2.05) is 0 Å². The molecule has 18 heavy (non-hydrogen) atoms. The normalized spacial score (nSPS) is 18.9. The lowest BCUT2D eigenvalue weighted by Crippen LogP contribution is -2.52. The molecule has 1 unspecified atom stereocenters. The second-order valence-corrected chi connectivity index (χ2v) is 5.16. The van der Waals surface area contributed by atoms with Crippen LogP contribution in [0.1, 0.15) is 18.9 Å². The minimum atomic E-state index is 0.560. The van der Waals surface area contributed by atoms with Crippen LogP contribution in [0.25, 0.3) is 0 Å². The molecule has 0 aliphatic carbocycles. The number of hydrogen-bond acceptors (Lipinski definition) is 3. The van der Waals surface area contributed by atoms with Crippen molar-refractivity contribution >= 4 is 5.69 Å². The maximum absolute atomic E-state index is 5.82. The van der Waals surface area contributed by atoms with Gasteiger partial charge in [-0.3, -0.25) is 4.90 Å². The maximum Gasteiger partial charge on any atom is 0.0369 e. The molecule has 1 aliphatic rings. The number of nitrogens with zero attached hydrogens (tertiary/aromatic N) is 2. The van der Waals surface area contributed by atoms with E-state index in [0.717, 1.165) is 39.1 Å². The first kappa shape index (κ1) is 13.4. The van der Waals surface area contributed by atoms with Crippen LogP contribution in [-0.2, 0) is 0 Å². The molecule has 1 aromatic rings. The first-order chi connectivity index (χ1) is 8.74. The Morgan fingerprint density at radius 2 is 1.94 bits per heavy atom. The van der Waals surface area contributed by atoms with Gasteiger partial charge in [0.05, 0.1) is 0 Å². The van der Waals surface area contributed by atoms with Crippen molar-refractivity contribution in [3.05, 3.63) is 29.8 Å². The predicted molar refractivity (Wildman–Crippen MR) is 78.1 cm³/mol. The number of rotatable bonds is 4. The Labute approximate surface area is 111 Å². The van der Waals surface area contributed by atoms with E-state index in [1.54, 1.807) is 0 Å².